The molecule has 0 spiro atoms. The van der Waals surface area contributed by atoms with E-state index in [0.717, 1.165) is 10.6 Å². The highest BCUT2D eigenvalue weighted by atomic mass is 32.2. The number of benzene rings is 2. The summed E-state index contributed by atoms with van der Waals surface area (Å²) in [5.41, 5.74) is 2.46. The van der Waals surface area contributed by atoms with Crippen molar-refractivity contribution in [3.63, 3.8) is 0 Å². The maximum atomic E-state index is 9.63. The summed E-state index contributed by atoms with van der Waals surface area (Å²) < 4.78 is 0. The molecule has 2 N–H and O–H groups in total. The molecule has 88 valence electrons. The van der Waals surface area contributed by atoms with Crippen molar-refractivity contribution in [2.24, 2.45) is 0 Å². The smallest absolute Gasteiger partial charge is 0.132 e. The zero-order valence-electron chi connectivity index (χ0n) is 9.55. The van der Waals surface area contributed by atoms with Crippen LogP contribution >= 0.6 is 11.8 Å². The summed E-state index contributed by atoms with van der Waals surface area (Å²) in [5.74, 6) is 1.02. The quantitative estimate of drug-likeness (QED) is 0.811. The molecule has 0 amide bonds. The predicted molar refractivity (Wildman–Crippen MR) is 70.5 cm³/mol. The van der Waals surface area contributed by atoms with Crippen LogP contribution in [0.15, 0.2) is 47.4 Å². The van der Waals surface area contributed by atoms with Gasteiger partial charge >= 0.3 is 0 Å². The topological polar surface area (TPSA) is 40.5 Å². The van der Waals surface area contributed by atoms with Crippen molar-refractivity contribution in [2.75, 3.05) is 0 Å². The number of phenolic OH excluding ortho intramolecular Hbond substituents is 2. The number of thioether (sulfide) groups is 1. The van der Waals surface area contributed by atoms with Crippen LogP contribution in [0.5, 0.6) is 11.5 Å². The molecule has 0 radical (unpaired) electrons. The lowest BCUT2D eigenvalue weighted by molar-refractivity contribution is 0.442. The van der Waals surface area contributed by atoms with Gasteiger partial charge in [0.2, 0.25) is 0 Å². The molecule has 0 unspecified atom stereocenters. The maximum Gasteiger partial charge on any atom is 0.132 e. The molecule has 0 saturated heterocycles. The first kappa shape index (κ1) is 11.9. The molecule has 2 nitrogen and oxygen atoms in total. The van der Waals surface area contributed by atoms with Crippen molar-refractivity contribution in [1.29, 1.82) is 0 Å². The lowest BCUT2D eigenvalue weighted by Crippen LogP contribution is -1.81. The Morgan fingerprint density at radius 3 is 2.35 bits per heavy atom. The number of aryl methyl sites for hydroxylation is 1. The van der Waals surface area contributed by atoms with Crippen LogP contribution < -0.4 is 0 Å². The summed E-state index contributed by atoms with van der Waals surface area (Å²) in [6, 6.07) is 13.0. The van der Waals surface area contributed by atoms with Gasteiger partial charge in [-0.3, -0.25) is 0 Å². The third-order valence-electron chi connectivity index (χ3n) is 2.46. The normalized spacial score (nSPS) is 10.4. The first-order valence-corrected chi connectivity index (χ1v) is 6.34. The molecule has 0 aliphatic rings. The van der Waals surface area contributed by atoms with Crippen molar-refractivity contribution >= 4 is 11.8 Å². The average molecular weight is 246 g/mol. The highest BCUT2D eigenvalue weighted by molar-refractivity contribution is 7.98. The number of hydrogen-bond donors (Lipinski definition) is 2. The zero-order valence-corrected chi connectivity index (χ0v) is 10.4. The van der Waals surface area contributed by atoms with Crippen LogP contribution in [0.4, 0.5) is 0 Å². The summed E-state index contributed by atoms with van der Waals surface area (Å²) in [5, 5.41) is 18.8. The molecule has 2 aromatic rings. The Labute approximate surface area is 105 Å². The first-order valence-electron chi connectivity index (χ1n) is 5.35. The van der Waals surface area contributed by atoms with Crippen molar-refractivity contribution in [3.8, 4) is 11.5 Å². The monoisotopic (exact) mass is 246 g/mol. The van der Waals surface area contributed by atoms with Gasteiger partial charge in [-0.2, -0.15) is 0 Å². The Morgan fingerprint density at radius 2 is 1.71 bits per heavy atom. The van der Waals surface area contributed by atoms with Crippen molar-refractivity contribution in [3.05, 3.63) is 53.6 Å². The van der Waals surface area contributed by atoms with Crippen LogP contribution in [0.25, 0.3) is 0 Å². The minimum Gasteiger partial charge on any atom is -0.508 e. The largest absolute Gasteiger partial charge is 0.508 e. The Bertz CT molecular complexity index is 506. The third kappa shape index (κ3) is 3.17. The van der Waals surface area contributed by atoms with Gasteiger partial charge in [0, 0.05) is 16.7 Å². The van der Waals surface area contributed by atoms with Gasteiger partial charge in [0.25, 0.3) is 0 Å². The molecule has 0 aliphatic heterocycles. The Kier molecular flexibility index (Phi) is 3.59. The molecular formula is C14H14O2S. The molecule has 0 fully saturated rings. The number of rotatable bonds is 3. The SMILES string of the molecule is Cc1ccc(CSc2ccc(O)cc2O)cc1. The molecule has 0 atom stereocenters. The minimum absolute atomic E-state index is 0.0854. The van der Waals surface area contributed by atoms with Crippen LogP contribution in [0, 0.1) is 6.92 Å². The van der Waals surface area contributed by atoms with E-state index in [-0.39, 0.29) is 11.5 Å². The van der Waals surface area contributed by atoms with Gasteiger partial charge < -0.3 is 10.2 Å². The molecule has 0 bridgehead atoms. The number of hydrogen-bond acceptors (Lipinski definition) is 3. The summed E-state index contributed by atoms with van der Waals surface area (Å²) in [4.78, 5) is 0.781. The van der Waals surface area contributed by atoms with Gasteiger partial charge in [-0.05, 0) is 24.6 Å². The fourth-order valence-corrected chi connectivity index (χ4v) is 2.36. The molecule has 0 aliphatic carbocycles. The molecule has 0 heterocycles. The highest BCUT2D eigenvalue weighted by Gasteiger charge is 2.03. The van der Waals surface area contributed by atoms with Crippen molar-refractivity contribution < 1.29 is 10.2 Å². The van der Waals surface area contributed by atoms with Crippen LogP contribution in [-0.2, 0) is 5.75 Å². The van der Waals surface area contributed by atoms with E-state index in [2.05, 4.69) is 31.2 Å². The number of aromatic hydroxyl groups is 2. The van der Waals surface area contributed by atoms with Gasteiger partial charge in [-0.15, -0.1) is 11.8 Å². The highest BCUT2D eigenvalue weighted by Crippen LogP contribution is 2.33. The van der Waals surface area contributed by atoms with Crippen LogP contribution in [0.3, 0.4) is 0 Å². The van der Waals surface area contributed by atoms with Crippen molar-refractivity contribution in [2.45, 2.75) is 17.6 Å². The standard InChI is InChI=1S/C14H14O2S/c1-10-2-4-11(5-3-10)9-17-14-7-6-12(15)8-13(14)16/h2-8,15-16H,9H2,1H3. The molecule has 2 aromatic carbocycles. The second-order valence-corrected chi connectivity index (χ2v) is 4.94. The molecule has 17 heavy (non-hydrogen) atoms. The summed E-state index contributed by atoms with van der Waals surface area (Å²) in [7, 11) is 0. The second-order valence-electron chi connectivity index (χ2n) is 3.93. The van der Waals surface area contributed by atoms with Crippen LogP contribution in [0.1, 0.15) is 11.1 Å². The van der Waals surface area contributed by atoms with Crippen molar-refractivity contribution in [1.82, 2.24) is 0 Å². The number of phenols is 2. The summed E-state index contributed by atoms with van der Waals surface area (Å²) in [6.45, 7) is 2.06. The first-order chi connectivity index (χ1) is 8.15. The molecular weight excluding hydrogens is 232 g/mol. The van der Waals surface area contributed by atoms with Gasteiger partial charge in [0.15, 0.2) is 0 Å². The Hall–Kier alpha value is -1.61. The van der Waals surface area contributed by atoms with Crippen LogP contribution in [-0.4, -0.2) is 10.2 Å². The predicted octanol–water partition coefficient (Wildman–Crippen LogP) is 3.70. The fraction of sp³-hybridized carbons (Fsp3) is 0.143. The van der Waals surface area contributed by atoms with E-state index in [1.807, 2.05) is 0 Å². The van der Waals surface area contributed by atoms with Gasteiger partial charge in [-0.1, -0.05) is 29.8 Å². The van der Waals surface area contributed by atoms with E-state index in [9.17, 15) is 10.2 Å². The molecule has 0 saturated carbocycles. The van der Waals surface area contributed by atoms with E-state index in [1.54, 1.807) is 23.9 Å². The molecule has 2 rings (SSSR count). The van der Waals surface area contributed by atoms with E-state index in [0.29, 0.717) is 0 Å². The molecule has 0 aromatic heterocycles. The van der Waals surface area contributed by atoms with E-state index >= 15 is 0 Å². The van der Waals surface area contributed by atoms with E-state index < -0.39 is 0 Å². The lowest BCUT2D eigenvalue weighted by atomic mass is 10.2. The average Bonchev–Trinajstić information content (AvgIpc) is 2.30. The third-order valence-corrected chi connectivity index (χ3v) is 3.59. The summed E-state index contributed by atoms with van der Waals surface area (Å²) in [6.07, 6.45) is 0. The van der Waals surface area contributed by atoms with Gasteiger partial charge in [0.05, 0.1) is 0 Å². The minimum atomic E-state index is 0.0854. The Balaban J connectivity index is 2.04. The molecule has 3 heteroatoms. The summed E-state index contributed by atoms with van der Waals surface area (Å²) >= 11 is 1.55. The Morgan fingerprint density at radius 1 is 1.00 bits per heavy atom. The zero-order chi connectivity index (χ0) is 12.3. The van der Waals surface area contributed by atoms with Gasteiger partial charge in [0.1, 0.15) is 11.5 Å². The maximum absolute atomic E-state index is 9.63. The lowest BCUT2D eigenvalue weighted by Gasteiger charge is -2.05. The van der Waals surface area contributed by atoms with E-state index in [4.69, 9.17) is 0 Å². The fourth-order valence-electron chi connectivity index (χ4n) is 1.47. The van der Waals surface area contributed by atoms with E-state index in [1.165, 1.54) is 17.2 Å². The second kappa shape index (κ2) is 5.15. The van der Waals surface area contributed by atoms with Crippen LogP contribution in [0.2, 0.25) is 0 Å². The van der Waals surface area contributed by atoms with Gasteiger partial charge in [-0.25, -0.2) is 0 Å².